The van der Waals surface area contributed by atoms with Gasteiger partial charge in [0, 0.05) is 29.9 Å². The maximum atomic E-state index is 13.3. The Bertz CT molecular complexity index is 1490. The van der Waals surface area contributed by atoms with Crippen LogP contribution in [0.15, 0.2) is 73.2 Å². The highest BCUT2D eigenvalue weighted by atomic mass is 35.5. The number of nitrogens with zero attached hydrogens (tertiary/aromatic N) is 5. The molecule has 1 amide bonds. The van der Waals surface area contributed by atoms with Crippen molar-refractivity contribution in [1.29, 1.82) is 0 Å². The number of aryl methyl sites for hydroxylation is 1. The second-order valence-corrected chi connectivity index (χ2v) is 8.17. The first kappa shape index (κ1) is 21.8. The Morgan fingerprint density at radius 2 is 1.88 bits per heavy atom. The number of benzene rings is 2. The lowest BCUT2D eigenvalue weighted by Gasteiger charge is -2.09. The zero-order valence-electron chi connectivity index (χ0n) is 18.2. The fourth-order valence-corrected chi connectivity index (χ4v) is 3.89. The molecule has 5 aromatic rings. The third-order valence-corrected chi connectivity index (χ3v) is 5.70. The van der Waals surface area contributed by atoms with Gasteiger partial charge in [0.25, 0.3) is 5.91 Å². The second-order valence-electron chi connectivity index (χ2n) is 7.76. The van der Waals surface area contributed by atoms with Gasteiger partial charge in [-0.3, -0.25) is 14.2 Å². The Labute approximate surface area is 199 Å². The first-order valence-electron chi connectivity index (χ1n) is 10.7. The monoisotopic (exact) mass is 474 g/mol. The van der Waals surface area contributed by atoms with Gasteiger partial charge in [-0.25, -0.2) is 9.37 Å². The quantitative estimate of drug-likeness (QED) is 0.357. The van der Waals surface area contributed by atoms with Crippen LogP contribution in [0.25, 0.3) is 22.2 Å². The standard InChI is InChI=1S/C25H20ClFN6O/c1-2-32-14-17(12-28-32)23-11-20(19-5-3-4-6-22(19)29-23)25(34)30-24-21(26)15-33(31-24)13-16-7-9-18(27)10-8-16/h3-12,14-15H,2,13H2,1H3,(H,30,31,34). The Morgan fingerprint density at radius 1 is 1.09 bits per heavy atom. The molecule has 0 spiro atoms. The Morgan fingerprint density at radius 3 is 2.65 bits per heavy atom. The fraction of sp³-hybridized carbons (Fsp3) is 0.120. The van der Waals surface area contributed by atoms with Gasteiger partial charge in [0.05, 0.1) is 29.5 Å². The minimum absolute atomic E-state index is 0.245. The van der Waals surface area contributed by atoms with Crippen molar-refractivity contribution in [3.8, 4) is 11.3 Å². The van der Waals surface area contributed by atoms with Crippen molar-refractivity contribution >= 4 is 34.2 Å². The molecule has 34 heavy (non-hydrogen) atoms. The summed E-state index contributed by atoms with van der Waals surface area (Å²) in [5.41, 5.74) is 3.48. The number of fused-ring (bicyclic) bond motifs is 1. The molecule has 0 radical (unpaired) electrons. The van der Waals surface area contributed by atoms with Crippen LogP contribution in [-0.4, -0.2) is 30.5 Å². The van der Waals surface area contributed by atoms with Crippen molar-refractivity contribution in [3.63, 3.8) is 0 Å². The summed E-state index contributed by atoms with van der Waals surface area (Å²) in [5, 5.41) is 12.5. The molecule has 0 aliphatic carbocycles. The van der Waals surface area contributed by atoms with E-state index < -0.39 is 0 Å². The molecule has 3 aromatic heterocycles. The van der Waals surface area contributed by atoms with Crippen molar-refractivity contribution in [1.82, 2.24) is 24.5 Å². The van der Waals surface area contributed by atoms with E-state index >= 15 is 0 Å². The summed E-state index contributed by atoms with van der Waals surface area (Å²) < 4.78 is 16.6. The smallest absolute Gasteiger partial charge is 0.257 e. The zero-order chi connectivity index (χ0) is 23.7. The molecule has 2 aromatic carbocycles. The SMILES string of the molecule is CCn1cc(-c2cc(C(=O)Nc3nn(Cc4ccc(F)cc4)cc3Cl)c3ccccc3n2)cn1. The Balaban J connectivity index is 1.45. The van der Waals surface area contributed by atoms with Gasteiger partial charge < -0.3 is 5.32 Å². The number of pyridine rings is 1. The lowest BCUT2D eigenvalue weighted by atomic mass is 10.0. The highest BCUT2D eigenvalue weighted by Crippen LogP contribution is 2.27. The first-order chi connectivity index (χ1) is 16.5. The molecular weight excluding hydrogens is 455 g/mol. The van der Waals surface area contributed by atoms with E-state index in [1.165, 1.54) is 12.1 Å². The lowest BCUT2D eigenvalue weighted by molar-refractivity contribution is 0.102. The van der Waals surface area contributed by atoms with Crippen molar-refractivity contribution < 1.29 is 9.18 Å². The number of nitrogens with one attached hydrogen (secondary N) is 1. The number of carbonyl (C=O) groups is 1. The van der Waals surface area contributed by atoms with Crippen LogP contribution >= 0.6 is 11.6 Å². The Kier molecular flexibility index (Phi) is 5.81. The predicted molar refractivity (Wildman–Crippen MR) is 129 cm³/mol. The van der Waals surface area contributed by atoms with Gasteiger partial charge in [0.1, 0.15) is 10.8 Å². The van der Waals surface area contributed by atoms with E-state index in [0.717, 1.165) is 17.7 Å². The lowest BCUT2D eigenvalue weighted by Crippen LogP contribution is -2.14. The number of carbonyl (C=O) groups excluding carboxylic acids is 1. The van der Waals surface area contributed by atoms with Crippen LogP contribution in [0.2, 0.25) is 5.02 Å². The summed E-state index contributed by atoms with van der Waals surface area (Å²) in [6.45, 7) is 3.13. The first-order valence-corrected chi connectivity index (χ1v) is 11.1. The van der Waals surface area contributed by atoms with Crippen LogP contribution in [0, 0.1) is 5.82 Å². The topological polar surface area (TPSA) is 77.6 Å². The molecule has 9 heteroatoms. The minimum atomic E-state index is -0.350. The fourth-order valence-electron chi connectivity index (χ4n) is 3.69. The van der Waals surface area contributed by atoms with E-state index in [1.54, 1.807) is 40.0 Å². The molecule has 0 aliphatic heterocycles. The van der Waals surface area contributed by atoms with E-state index in [2.05, 4.69) is 15.5 Å². The largest absolute Gasteiger partial charge is 0.304 e. The summed E-state index contributed by atoms with van der Waals surface area (Å²) in [5.74, 6) is -0.409. The summed E-state index contributed by atoms with van der Waals surface area (Å²) in [7, 11) is 0. The molecule has 0 fully saturated rings. The van der Waals surface area contributed by atoms with Crippen molar-refractivity contribution in [2.45, 2.75) is 20.0 Å². The number of aromatic nitrogens is 5. The molecule has 0 unspecified atom stereocenters. The molecule has 0 saturated carbocycles. The van der Waals surface area contributed by atoms with Crippen molar-refractivity contribution in [2.75, 3.05) is 5.32 Å². The third-order valence-electron chi connectivity index (χ3n) is 5.42. The maximum Gasteiger partial charge on any atom is 0.257 e. The van der Waals surface area contributed by atoms with E-state index in [-0.39, 0.29) is 17.5 Å². The van der Waals surface area contributed by atoms with Gasteiger partial charge in [0.2, 0.25) is 0 Å². The number of halogens is 2. The number of para-hydroxylation sites is 1. The van der Waals surface area contributed by atoms with Gasteiger partial charge in [-0.05, 0) is 36.8 Å². The van der Waals surface area contributed by atoms with Crippen LogP contribution in [0.5, 0.6) is 0 Å². The van der Waals surface area contributed by atoms with Crippen LogP contribution in [0.3, 0.4) is 0 Å². The summed E-state index contributed by atoms with van der Waals surface area (Å²) in [6.07, 6.45) is 5.25. The number of anilines is 1. The summed E-state index contributed by atoms with van der Waals surface area (Å²) >= 11 is 6.35. The minimum Gasteiger partial charge on any atom is -0.304 e. The van der Waals surface area contributed by atoms with Gasteiger partial charge in [-0.2, -0.15) is 10.2 Å². The average molecular weight is 475 g/mol. The molecule has 0 atom stereocenters. The van der Waals surface area contributed by atoms with Crippen molar-refractivity contribution in [3.05, 3.63) is 95.2 Å². The van der Waals surface area contributed by atoms with Gasteiger partial charge in [-0.15, -0.1) is 0 Å². The number of rotatable bonds is 6. The van der Waals surface area contributed by atoms with E-state index in [9.17, 15) is 9.18 Å². The van der Waals surface area contributed by atoms with Gasteiger partial charge in [0.15, 0.2) is 5.82 Å². The van der Waals surface area contributed by atoms with Gasteiger partial charge >= 0.3 is 0 Å². The molecule has 0 bridgehead atoms. The van der Waals surface area contributed by atoms with Crippen LogP contribution in [0.4, 0.5) is 10.2 Å². The summed E-state index contributed by atoms with van der Waals surface area (Å²) in [4.78, 5) is 18.0. The number of amides is 1. The number of hydrogen-bond acceptors (Lipinski definition) is 4. The van der Waals surface area contributed by atoms with Crippen LogP contribution < -0.4 is 5.32 Å². The van der Waals surface area contributed by atoms with Crippen LogP contribution in [0.1, 0.15) is 22.8 Å². The van der Waals surface area contributed by atoms with E-state index in [4.69, 9.17) is 16.6 Å². The molecule has 3 heterocycles. The van der Waals surface area contributed by atoms with Crippen molar-refractivity contribution in [2.24, 2.45) is 0 Å². The molecular formula is C25H20ClFN6O. The summed E-state index contributed by atoms with van der Waals surface area (Å²) in [6, 6.07) is 15.3. The second kappa shape index (κ2) is 9.07. The molecule has 170 valence electrons. The highest BCUT2D eigenvalue weighted by molar-refractivity contribution is 6.33. The molecule has 0 saturated heterocycles. The van der Waals surface area contributed by atoms with E-state index in [1.807, 2.05) is 37.4 Å². The third kappa shape index (κ3) is 4.40. The predicted octanol–water partition coefficient (Wildman–Crippen LogP) is 5.41. The average Bonchev–Trinajstić information content (AvgIpc) is 3.46. The maximum absolute atomic E-state index is 13.3. The van der Waals surface area contributed by atoms with E-state index in [0.29, 0.717) is 33.7 Å². The normalized spacial score (nSPS) is 11.1. The molecule has 5 rings (SSSR count). The zero-order valence-corrected chi connectivity index (χ0v) is 19.0. The molecule has 0 aliphatic rings. The number of hydrogen-bond donors (Lipinski definition) is 1. The van der Waals surface area contributed by atoms with Gasteiger partial charge in [-0.1, -0.05) is 41.9 Å². The van der Waals surface area contributed by atoms with Crippen LogP contribution in [-0.2, 0) is 13.1 Å². The molecule has 1 N–H and O–H groups in total. The highest BCUT2D eigenvalue weighted by Gasteiger charge is 2.18. The molecule has 7 nitrogen and oxygen atoms in total. The Hall–Kier alpha value is -4.04.